The van der Waals surface area contributed by atoms with Gasteiger partial charge >= 0.3 is 5.97 Å². The standard InChI is InChI=1S/C25H29N3O4/c29-24(30)13-17-2-1-3-22-19(17)14-18(26-22)15-21-20-12-16(4-5-23(20)27-25(21)31)6-7-28-8-10-32-11-9-28/h4-5,12,14-15,17,26H,1-3,6-11,13H2,(H,27,31)(H,29,30). The van der Waals surface area contributed by atoms with Crippen LogP contribution in [0, 0.1) is 0 Å². The van der Waals surface area contributed by atoms with Gasteiger partial charge in [-0.15, -0.1) is 0 Å². The molecule has 3 heterocycles. The number of nitrogens with zero attached hydrogens (tertiary/aromatic N) is 1. The number of rotatable bonds is 6. The monoisotopic (exact) mass is 435 g/mol. The van der Waals surface area contributed by atoms with Crippen LogP contribution in [0.5, 0.6) is 0 Å². The van der Waals surface area contributed by atoms with Gasteiger partial charge in [-0.2, -0.15) is 0 Å². The van der Waals surface area contributed by atoms with Crippen LogP contribution in [-0.2, 0) is 27.2 Å². The molecule has 0 saturated carbocycles. The molecule has 0 spiro atoms. The number of carboxylic acids is 1. The van der Waals surface area contributed by atoms with Gasteiger partial charge in [-0.05, 0) is 67.0 Å². The smallest absolute Gasteiger partial charge is 0.303 e. The molecule has 1 aromatic heterocycles. The first-order valence-electron chi connectivity index (χ1n) is 11.5. The maximum absolute atomic E-state index is 12.7. The van der Waals surface area contributed by atoms with Gasteiger partial charge in [0.05, 0.1) is 25.2 Å². The second-order valence-electron chi connectivity index (χ2n) is 8.94. The van der Waals surface area contributed by atoms with Crippen LogP contribution >= 0.6 is 0 Å². The number of morpholine rings is 1. The summed E-state index contributed by atoms with van der Waals surface area (Å²) >= 11 is 0. The van der Waals surface area contributed by atoms with E-state index < -0.39 is 5.97 Å². The van der Waals surface area contributed by atoms with Gasteiger partial charge in [0.1, 0.15) is 0 Å². The zero-order chi connectivity index (χ0) is 22.1. The predicted octanol–water partition coefficient (Wildman–Crippen LogP) is 3.28. The van der Waals surface area contributed by atoms with Crippen molar-refractivity contribution in [3.63, 3.8) is 0 Å². The molecular formula is C25H29N3O4. The van der Waals surface area contributed by atoms with E-state index in [-0.39, 0.29) is 18.2 Å². The number of carboxylic acid groups (broad SMARTS) is 1. The Morgan fingerprint density at radius 2 is 2.09 bits per heavy atom. The Morgan fingerprint density at radius 1 is 1.25 bits per heavy atom. The largest absolute Gasteiger partial charge is 0.481 e. The molecule has 1 amide bonds. The number of aliphatic carboxylic acids is 1. The van der Waals surface area contributed by atoms with Crippen LogP contribution in [-0.4, -0.2) is 59.7 Å². The number of benzene rings is 1. The summed E-state index contributed by atoms with van der Waals surface area (Å²) in [6.07, 6.45) is 5.78. The number of ether oxygens (including phenoxy) is 1. The summed E-state index contributed by atoms with van der Waals surface area (Å²) in [5.74, 6) is -0.825. The third-order valence-corrected chi connectivity index (χ3v) is 6.78. The lowest BCUT2D eigenvalue weighted by Gasteiger charge is -2.26. The molecule has 1 fully saturated rings. The summed E-state index contributed by atoms with van der Waals surface area (Å²) in [5, 5.41) is 12.2. The van der Waals surface area contributed by atoms with Crippen LogP contribution in [0.3, 0.4) is 0 Å². The van der Waals surface area contributed by atoms with Crippen molar-refractivity contribution >= 4 is 29.2 Å². The fraction of sp³-hybridized carbons (Fsp3) is 0.440. The van der Waals surface area contributed by atoms with Crippen molar-refractivity contribution in [3.05, 3.63) is 52.3 Å². The molecule has 3 aliphatic rings. The van der Waals surface area contributed by atoms with Crippen molar-refractivity contribution in [3.8, 4) is 0 Å². The molecule has 0 bridgehead atoms. The van der Waals surface area contributed by atoms with E-state index in [1.165, 1.54) is 5.56 Å². The number of H-pyrrole nitrogens is 1. The highest BCUT2D eigenvalue weighted by molar-refractivity contribution is 6.34. The topological polar surface area (TPSA) is 94.7 Å². The van der Waals surface area contributed by atoms with Crippen molar-refractivity contribution in [1.29, 1.82) is 0 Å². The van der Waals surface area contributed by atoms with Crippen molar-refractivity contribution in [2.75, 3.05) is 38.2 Å². The van der Waals surface area contributed by atoms with Crippen molar-refractivity contribution in [2.24, 2.45) is 0 Å². The molecule has 7 nitrogen and oxygen atoms in total. The zero-order valence-electron chi connectivity index (χ0n) is 18.2. The van der Waals surface area contributed by atoms with E-state index in [4.69, 9.17) is 4.74 Å². The summed E-state index contributed by atoms with van der Waals surface area (Å²) in [6.45, 7) is 4.51. The van der Waals surface area contributed by atoms with Gasteiger partial charge in [0.15, 0.2) is 0 Å². The van der Waals surface area contributed by atoms with Crippen LogP contribution in [0.25, 0.3) is 11.6 Å². The molecule has 2 aliphatic heterocycles. The van der Waals surface area contributed by atoms with E-state index in [0.29, 0.717) is 5.57 Å². The summed E-state index contributed by atoms with van der Waals surface area (Å²) in [5.41, 5.74) is 6.70. The highest BCUT2D eigenvalue weighted by atomic mass is 16.5. The molecular weight excluding hydrogens is 406 g/mol. The minimum atomic E-state index is -0.766. The molecule has 2 aromatic rings. The highest BCUT2D eigenvalue weighted by Gasteiger charge is 2.27. The van der Waals surface area contributed by atoms with Crippen LogP contribution in [0.15, 0.2) is 24.3 Å². The molecule has 5 rings (SSSR count). The molecule has 1 atom stereocenters. The quantitative estimate of drug-likeness (QED) is 0.606. The Hall–Kier alpha value is -2.90. The minimum absolute atomic E-state index is 0.0381. The third-order valence-electron chi connectivity index (χ3n) is 6.78. The van der Waals surface area contributed by atoms with E-state index in [2.05, 4.69) is 27.3 Å². The summed E-state index contributed by atoms with van der Waals surface area (Å²) in [6, 6.07) is 8.23. The molecule has 1 saturated heterocycles. The zero-order valence-corrected chi connectivity index (χ0v) is 18.2. The molecule has 1 unspecified atom stereocenters. The fourth-order valence-corrected chi connectivity index (χ4v) is 5.09. The molecule has 7 heteroatoms. The van der Waals surface area contributed by atoms with Gasteiger partial charge < -0.3 is 20.1 Å². The minimum Gasteiger partial charge on any atom is -0.481 e. The Bertz CT molecular complexity index is 1070. The highest BCUT2D eigenvalue weighted by Crippen LogP contribution is 2.37. The maximum Gasteiger partial charge on any atom is 0.303 e. The van der Waals surface area contributed by atoms with Gasteiger partial charge in [0, 0.05) is 42.3 Å². The average molecular weight is 436 g/mol. The molecule has 1 aromatic carbocycles. The van der Waals surface area contributed by atoms with Crippen molar-refractivity contribution in [1.82, 2.24) is 9.88 Å². The van der Waals surface area contributed by atoms with Gasteiger partial charge in [-0.25, -0.2) is 0 Å². The summed E-state index contributed by atoms with van der Waals surface area (Å²) < 4.78 is 5.42. The van der Waals surface area contributed by atoms with E-state index >= 15 is 0 Å². The predicted molar refractivity (Wildman–Crippen MR) is 123 cm³/mol. The first-order chi connectivity index (χ1) is 15.6. The van der Waals surface area contributed by atoms with E-state index in [1.807, 2.05) is 18.2 Å². The summed E-state index contributed by atoms with van der Waals surface area (Å²) in [4.78, 5) is 29.8. The lowest BCUT2D eigenvalue weighted by molar-refractivity contribution is -0.137. The van der Waals surface area contributed by atoms with Crippen molar-refractivity contribution < 1.29 is 19.4 Å². The van der Waals surface area contributed by atoms with Gasteiger partial charge in [0.25, 0.3) is 5.91 Å². The molecule has 0 radical (unpaired) electrons. The van der Waals surface area contributed by atoms with E-state index in [0.717, 1.165) is 86.7 Å². The van der Waals surface area contributed by atoms with Crippen molar-refractivity contribution in [2.45, 2.75) is 38.0 Å². The Labute approximate surface area is 187 Å². The second kappa shape index (κ2) is 8.92. The molecule has 1 aliphatic carbocycles. The number of amides is 1. The van der Waals surface area contributed by atoms with Gasteiger partial charge in [-0.3, -0.25) is 14.5 Å². The summed E-state index contributed by atoms with van der Waals surface area (Å²) in [7, 11) is 0. The number of anilines is 1. The van der Waals surface area contributed by atoms with Gasteiger partial charge in [-0.1, -0.05) is 6.07 Å². The number of aromatic amines is 1. The number of aryl methyl sites for hydroxylation is 1. The lowest BCUT2D eigenvalue weighted by atomic mass is 9.85. The molecule has 32 heavy (non-hydrogen) atoms. The maximum atomic E-state index is 12.7. The number of hydrogen-bond donors (Lipinski definition) is 3. The first kappa shape index (κ1) is 21.0. The first-order valence-corrected chi connectivity index (χ1v) is 11.5. The normalized spacial score (nSPS) is 21.9. The number of hydrogen-bond acceptors (Lipinski definition) is 4. The molecule has 168 valence electrons. The average Bonchev–Trinajstić information content (AvgIpc) is 3.34. The fourth-order valence-electron chi connectivity index (χ4n) is 5.09. The SMILES string of the molecule is O=C(O)CC1CCCc2[nH]c(C=C3C(=O)Nc4ccc(CCN5CCOCC5)cc43)cc21. The van der Waals surface area contributed by atoms with Crippen LogP contribution in [0.1, 0.15) is 53.3 Å². The van der Waals surface area contributed by atoms with Crippen LogP contribution in [0.2, 0.25) is 0 Å². The Balaban J connectivity index is 1.38. The lowest BCUT2D eigenvalue weighted by Crippen LogP contribution is -2.37. The third kappa shape index (κ3) is 4.36. The van der Waals surface area contributed by atoms with Gasteiger partial charge in [0.2, 0.25) is 0 Å². The number of carbonyl (C=O) groups is 2. The number of fused-ring (bicyclic) bond motifs is 2. The van der Waals surface area contributed by atoms with E-state index in [9.17, 15) is 14.7 Å². The number of nitrogens with one attached hydrogen (secondary N) is 2. The van der Waals surface area contributed by atoms with Crippen LogP contribution in [0.4, 0.5) is 5.69 Å². The van der Waals surface area contributed by atoms with E-state index in [1.54, 1.807) is 0 Å². The Kier molecular flexibility index (Phi) is 5.85. The number of carbonyl (C=O) groups excluding carboxylic acids is 1. The number of aromatic nitrogens is 1. The van der Waals surface area contributed by atoms with Crippen LogP contribution < -0.4 is 5.32 Å². The Morgan fingerprint density at radius 3 is 2.91 bits per heavy atom. The second-order valence-corrected chi connectivity index (χ2v) is 8.94. The molecule has 3 N–H and O–H groups in total.